The number of halogens is 1. The summed E-state index contributed by atoms with van der Waals surface area (Å²) < 4.78 is 2.01. The number of benzene rings is 1. The van der Waals surface area contributed by atoms with E-state index in [0.29, 0.717) is 16.8 Å². The lowest BCUT2D eigenvalue weighted by Crippen LogP contribution is -2.16. The summed E-state index contributed by atoms with van der Waals surface area (Å²) in [5, 5.41) is 12.9. The average Bonchev–Trinajstić information content (AvgIpc) is 3.34. The Morgan fingerprint density at radius 1 is 1.20 bits per heavy atom. The Hall–Kier alpha value is -1.62. The Morgan fingerprint density at radius 2 is 1.90 bits per heavy atom. The second kappa shape index (κ2) is 4.45. The highest BCUT2D eigenvalue weighted by Gasteiger charge is 2.44. The molecule has 2 aliphatic rings. The summed E-state index contributed by atoms with van der Waals surface area (Å²) in [4.78, 5) is 0. The zero-order chi connectivity index (χ0) is 13.7. The predicted molar refractivity (Wildman–Crippen MR) is 77.2 cm³/mol. The number of rotatable bonds is 4. The molecule has 6 heteroatoms. The summed E-state index contributed by atoms with van der Waals surface area (Å²) in [6.45, 7) is 0. The molecule has 2 saturated carbocycles. The van der Waals surface area contributed by atoms with Crippen LogP contribution in [-0.4, -0.2) is 20.2 Å². The normalized spacial score (nSPS) is 18.7. The van der Waals surface area contributed by atoms with E-state index in [1.165, 1.54) is 25.7 Å². The van der Waals surface area contributed by atoms with Crippen molar-refractivity contribution in [2.24, 2.45) is 11.8 Å². The monoisotopic (exact) mass is 289 g/mol. The van der Waals surface area contributed by atoms with Gasteiger partial charge in [0.15, 0.2) is 5.82 Å². The SMILES string of the molecule is Nc1ccc(-c2nnnn2C(C2CC2)C2CC2)cc1Cl. The standard InChI is InChI=1S/C14H16ClN5/c15-11-7-10(5-6-12(11)16)14-17-18-19-20(14)13(8-1-2-8)9-3-4-9/h5-9,13H,1-4,16H2. The van der Waals surface area contributed by atoms with E-state index in [9.17, 15) is 0 Å². The van der Waals surface area contributed by atoms with E-state index in [0.717, 1.165) is 23.2 Å². The largest absolute Gasteiger partial charge is 0.398 e. The number of hydrogen-bond acceptors (Lipinski definition) is 4. The van der Waals surface area contributed by atoms with Crippen molar-refractivity contribution < 1.29 is 0 Å². The molecule has 0 atom stereocenters. The molecule has 0 unspecified atom stereocenters. The maximum atomic E-state index is 6.11. The second-order valence-electron chi connectivity index (χ2n) is 5.85. The van der Waals surface area contributed by atoms with Crippen LogP contribution in [0.5, 0.6) is 0 Å². The average molecular weight is 290 g/mol. The van der Waals surface area contributed by atoms with Crippen LogP contribution in [0, 0.1) is 11.8 Å². The van der Waals surface area contributed by atoms with Crippen LogP contribution in [0.1, 0.15) is 31.7 Å². The number of hydrogen-bond donors (Lipinski definition) is 1. The number of tetrazole rings is 1. The van der Waals surface area contributed by atoms with Crippen molar-refractivity contribution in [3.8, 4) is 11.4 Å². The highest BCUT2D eigenvalue weighted by molar-refractivity contribution is 6.33. The minimum absolute atomic E-state index is 0.455. The molecule has 1 aromatic heterocycles. The van der Waals surface area contributed by atoms with Gasteiger partial charge in [0.05, 0.1) is 16.8 Å². The molecule has 0 amide bonds. The molecule has 1 aromatic carbocycles. The van der Waals surface area contributed by atoms with Crippen LogP contribution < -0.4 is 5.73 Å². The lowest BCUT2D eigenvalue weighted by molar-refractivity contribution is 0.357. The number of aromatic nitrogens is 4. The maximum absolute atomic E-state index is 6.11. The molecule has 2 fully saturated rings. The number of nitrogens with two attached hydrogens (primary N) is 1. The molecule has 0 spiro atoms. The fraction of sp³-hybridized carbons (Fsp3) is 0.500. The molecular weight excluding hydrogens is 274 g/mol. The summed E-state index contributed by atoms with van der Waals surface area (Å²) in [5.41, 5.74) is 7.28. The maximum Gasteiger partial charge on any atom is 0.182 e. The number of nitrogen functional groups attached to an aromatic ring is 1. The van der Waals surface area contributed by atoms with Crippen LogP contribution >= 0.6 is 11.6 Å². The van der Waals surface area contributed by atoms with Gasteiger partial charge in [-0.2, -0.15) is 0 Å². The topological polar surface area (TPSA) is 69.6 Å². The lowest BCUT2D eigenvalue weighted by Gasteiger charge is -2.17. The third-order valence-corrected chi connectivity index (χ3v) is 4.57. The van der Waals surface area contributed by atoms with Crippen molar-refractivity contribution >= 4 is 17.3 Å². The summed E-state index contributed by atoms with van der Waals surface area (Å²) in [6, 6.07) is 6.03. The molecule has 0 radical (unpaired) electrons. The van der Waals surface area contributed by atoms with Gasteiger partial charge in [-0.1, -0.05) is 11.6 Å². The van der Waals surface area contributed by atoms with Gasteiger partial charge in [-0.05, 0) is 66.1 Å². The molecule has 0 aliphatic heterocycles. The molecule has 2 N–H and O–H groups in total. The van der Waals surface area contributed by atoms with Crippen molar-refractivity contribution in [3.05, 3.63) is 23.2 Å². The zero-order valence-corrected chi connectivity index (χ0v) is 11.8. The van der Waals surface area contributed by atoms with Crippen LogP contribution in [0.25, 0.3) is 11.4 Å². The number of nitrogens with zero attached hydrogens (tertiary/aromatic N) is 4. The molecule has 1 heterocycles. The predicted octanol–water partition coefficient (Wildman–Crippen LogP) is 2.94. The van der Waals surface area contributed by atoms with Gasteiger partial charge < -0.3 is 5.73 Å². The minimum Gasteiger partial charge on any atom is -0.398 e. The van der Waals surface area contributed by atoms with Crippen molar-refractivity contribution in [2.75, 3.05) is 5.73 Å². The van der Waals surface area contributed by atoms with Crippen LogP contribution in [0.3, 0.4) is 0 Å². The Bertz CT molecular complexity index is 633. The Kier molecular flexibility index (Phi) is 2.70. The first-order valence-corrected chi connectivity index (χ1v) is 7.45. The van der Waals surface area contributed by atoms with Gasteiger partial charge in [-0.25, -0.2) is 4.68 Å². The Labute approximate surface area is 122 Å². The van der Waals surface area contributed by atoms with Crippen LogP contribution in [0.15, 0.2) is 18.2 Å². The minimum atomic E-state index is 0.455. The van der Waals surface area contributed by atoms with Gasteiger partial charge in [-0.3, -0.25) is 0 Å². The Morgan fingerprint density at radius 3 is 2.50 bits per heavy atom. The van der Waals surface area contributed by atoms with E-state index < -0.39 is 0 Å². The van der Waals surface area contributed by atoms with E-state index in [1.54, 1.807) is 6.07 Å². The first kappa shape index (κ1) is 12.1. The third-order valence-electron chi connectivity index (χ3n) is 4.24. The van der Waals surface area contributed by atoms with Gasteiger partial charge in [0.1, 0.15) is 0 Å². The summed E-state index contributed by atoms with van der Waals surface area (Å²) in [7, 11) is 0. The van der Waals surface area contributed by atoms with Crippen LogP contribution in [0.4, 0.5) is 5.69 Å². The van der Waals surface area contributed by atoms with Gasteiger partial charge >= 0.3 is 0 Å². The lowest BCUT2D eigenvalue weighted by atomic mass is 10.1. The second-order valence-corrected chi connectivity index (χ2v) is 6.26. The van der Waals surface area contributed by atoms with Gasteiger partial charge in [0.2, 0.25) is 0 Å². The van der Waals surface area contributed by atoms with Crippen molar-refractivity contribution in [1.82, 2.24) is 20.2 Å². The molecule has 4 rings (SSSR count). The Balaban J connectivity index is 1.75. The molecular formula is C14H16ClN5. The van der Waals surface area contributed by atoms with E-state index in [1.807, 2.05) is 16.8 Å². The summed E-state index contributed by atoms with van der Waals surface area (Å²) in [6.07, 6.45) is 5.18. The van der Waals surface area contributed by atoms with E-state index in [4.69, 9.17) is 17.3 Å². The summed E-state index contributed by atoms with van der Waals surface area (Å²) >= 11 is 6.11. The quantitative estimate of drug-likeness (QED) is 0.879. The van der Waals surface area contributed by atoms with E-state index >= 15 is 0 Å². The first-order chi connectivity index (χ1) is 9.74. The molecule has 0 saturated heterocycles. The molecule has 0 bridgehead atoms. The summed E-state index contributed by atoms with van der Waals surface area (Å²) in [5.74, 6) is 2.29. The molecule has 5 nitrogen and oxygen atoms in total. The van der Waals surface area contributed by atoms with Crippen molar-refractivity contribution in [2.45, 2.75) is 31.7 Å². The van der Waals surface area contributed by atoms with Crippen LogP contribution in [0.2, 0.25) is 5.02 Å². The molecule has 2 aliphatic carbocycles. The first-order valence-electron chi connectivity index (χ1n) is 7.07. The molecule has 2 aromatic rings. The molecule has 104 valence electrons. The molecule has 20 heavy (non-hydrogen) atoms. The smallest absolute Gasteiger partial charge is 0.182 e. The zero-order valence-electron chi connectivity index (χ0n) is 11.0. The van der Waals surface area contributed by atoms with Gasteiger partial charge in [0, 0.05) is 5.56 Å². The van der Waals surface area contributed by atoms with Gasteiger partial charge in [-0.15, -0.1) is 5.10 Å². The highest BCUT2D eigenvalue weighted by Crippen LogP contribution is 2.52. The fourth-order valence-electron chi connectivity index (χ4n) is 2.91. The highest BCUT2D eigenvalue weighted by atomic mass is 35.5. The van der Waals surface area contributed by atoms with Gasteiger partial charge in [0.25, 0.3) is 0 Å². The third kappa shape index (κ3) is 2.06. The van der Waals surface area contributed by atoms with Crippen molar-refractivity contribution in [1.29, 1.82) is 0 Å². The fourth-order valence-corrected chi connectivity index (χ4v) is 3.09. The number of anilines is 1. The van der Waals surface area contributed by atoms with Crippen molar-refractivity contribution in [3.63, 3.8) is 0 Å². The van der Waals surface area contributed by atoms with E-state index in [2.05, 4.69) is 15.5 Å². The van der Waals surface area contributed by atoms with E-state index in [-0.39, 0.29) is 0 Å². The van der Waals surface area contributed by atoms with Crippen LogP contribution in [-0.2, 0) is 0 Å².